The Kier molecular flexibility index (Phi) is 7.81. The van der Waals surface area contributed by atoms with Crippen LogP contribution in [0.15, 0.2) is 18.2 Å². The smallest absolute Gasteiger partial charge is 0.123 e. The van der Waals surface area contributed by atoms with Crippen LogP contribution < -0.4 is 5.32 Å². The maximum atomic E-state index is 13.4. The summed E-state index contributed by atoms with van der Waals surface area (Å²) in [6.07, 6.45) is 2.19. The van der Waals surface area contributed by atoms with Gasteiger partial charge in [0.15, 0.2) is 0 Å². The normalized spacial score (nSPS) is 14.4. The lowest BCUT2D eigenvalue weighted by molar-refractivity contribution is 0.567. The van der Waals surface area contributed by atoms with Crippen LogP contribution in [0.25, 0.3) is 0 Å². The maximum Gasteiger partial charge on any atom is 0.123 e. The first-order chi connectivity index (χ1) is 9.08. The lowest BCUT2D eigenvalue weighted by Crippen LogP contribution is -2.25. The molecule has 1 aromatic rings. The second-order valence-corrected chi connectivity index (χ2v) is 6.60. The highest BCUT2D eigenvalue weighted by Gasteiger charge is 2.16. The van der Waals surface area contributed by atoms with E-state index < -0.39 is 0 Å². The summed E-state index contributed by atoms with van der Waals surface area (Å²) in [6.45, 7) is 7.44. The lowest BCUT2D eigenvalue weighted by atomic mass is 10.1. The predicted octanol–water partition coefficient (Wildman–Crippen LogP) is 5.05. The number of hydrogen-bond donors (Lipinski definition) is 1. The molecule has 0 aromatic heterocycles. The number of rotatable bonds is 8. The van der Waals surface area contributed by atoms with Crippen LogP contribution >= 0.6 is 23.4 Å². The van der Waals surface area contributed by atoms with Crippen LogP contribution in [-0.2, 0) is 0 Å². The zero-order chi connectivity index (χ0) is 14.3. The van der Waals surface area contributed by atoms with E-state index >= 15 is 0 Å². The van der Waals surface area contributed by atoms with E-state index in [9.17, 15) is 4.39 Å². The summed E-state index contributed by atoms with van der Waals surface area (Å²) in [5.41, 5.74) is 0.867. The first kappa shape index (κ1) is 16.8. The number of benzene rings is 1. The van der Waals surface area contributed by atoms with E-state index in [1.54, 1.807) is 12.1 Å². The summed E-state index contributed by atoms with van der Waals surface area (Å²) >= 11 is 8.10. The van der Waals surface area contributed by atoms with Gasteiger partial charge in [0.25, 0.3) is 0 Å². The van der Waals surface area contributed by atoms with Crippen LogP contribution in [0.4, 0.5) is 4.39 Å². The SMILES string of the molecule is CCCNC(CSC(C)CC)c1cc(F)ccc1Cl. The summed E-state index contributed by atoms with van der Waals surface area (Å²) in [5.74, 6) is 0.689. The van der Waals surface area contributed by atoms with Crippen molar-refractivity contribution in [2.75, 3.05) is 12.3 Å². The molecule has 0 radical (unpaired) electrons. The van der Waals surface area contributed by atoms with Gasteiger partial charge in [-0.2, -0.15) is 11.8 Å². The molecule has 2 atom stereocenters. The molecule has 19 heavy (non-hydrogen) atoms. The third kappa shape index (κ3) is 5.72. The summed E-state index contributed by atoms with van der Waals surface area (Å²) in [7, 11) is 0. The van der Waals surface area contributed by atoms with Crippen molar-refractivity contribution in [3.05, 3.63) is 34.6 Å². The van der Waals surface area contributed by atoms with Crippen molar-refractivity contribution in [2.24, 2.45) is 0 Å². The molecule has 108 valence electrons. The van der Waals surface area contributed by atoms with Gasteiger partial charge < -0.3 is 5.32 Å². The third-order valence-corrected chi connectivity index (χ3v) is 4.87. The molecule has 0 spiro atoms. The molecule has 0 aliphatic carbocycles. The Morgan fingerprint density at radius 3 is 2.74 bits per heavy atom. The highest BCUT2D eigenvalue weighted by atomic mass is 35.5. The van der Waals surface area contributed by atoms with Gasteiger partial charge in [-0.15, -0.1) is 0 Å². The Hall–Kier alpha value is -0.250. The predicted molar refractivity (Wildman–Crippen MR) is 84.7 cm³/mol. The monoisotopic (exact) mass is 303 g/mol. The van der Waals surface area contributed by atoms with Gasteiger partial charge in [0.2, 0.25) is 0 Å². The number of nitrogens with one attached hydrogen (secondary N) is 1. The van der Waals surface area contributed by atoms with Gasteiger partial charge in [-0.05, 0) is 43.1 Å². The largest absolute Gasteiger partial charge is 0.309 e. The van der Waals surface area contributed by atoms with Gasteiger partial charge in [-0.1, -0.05) is 32.4 Å². The molecule has 0 amide bonds. The number of halogens is 2. The summed E-state index contributed by atoms with van der Waals surface area (Å²) in [4.78, 5) is 0. The van der Waals surface area contributed by atoms with Crippen molar-refractivity contribution in [3.8, 4) is 0 Å². The van der Waals surface area contributed by atoms with Gasteiger partial charge in [0.1, 0.15) is 5.82 Å². The molecule has 0 saturated heterocycles. The Bertz CT molecular complexity index is 386. The van der Waals surface area contributed by atoms with E-state index in [1.807, 2.05) is 11.8 Å². The molecule has 1 aromatic carbocycles. The van der Waals surface area contributed by atoms with Crippen LogP contribution in [0.3, 0.4) is 0 Å². The average Bonchev–Trinajstić information content (AvgIpc) is 2.41. The molecule has 0 heterocycles. The van der Waals surface area contributed by atoms with Gasteiger partial charge in [-0.3, -0.25) is 0 Å². The van der Waals surface area contributed by atoms with Crippen LogP contribution in [0, 0.1) is 5.82 Å². The molecule has 1 rings (SSSR count). The second kappa shape index (κ2) is 8.83. The minimum absolute atomic E-state index is 0.113. The van der Waals surface area contributed by atoms with E-state index in [0.29, 0.717) is 10.3 Å². The Morgan fingerprint density at radius 1 is 1.37 bits per heavy atom. The van der Waals surface area contributed by atoms with Crippen LogP contribution in [0.5, 0.6) is 0 Å². The van der Waals surface area contributed by atoms with Crippen molar-refractivity contribution in [2.45, 2.75) is 44.9 Å². The van der Waals surface area contributed by atoms with Crippen molar-refractivity contribution >= 4 is 23.4 Å². The van der Waals surface area contributed by atoms with Gasteiger partial charge in [0.05, 0.1) is 0 Å². The highest BCUT2D eigenvalue weighted by Crippen LogP contribution is 2.28. The standard InChI is InChI=1S/C15H23ClFNS/c1-4-8-18-15(10-19-11(3)5-2)13-9-12(17)6-7-14(13)16/h6-7,9,11,15,18H,4-5,8,10H2,1-3H3. The number of hydrogen-bond acceptors (Lipinski definition) is 2. The van der Waals surface area contributed by atoms with Gasteiger partial charge in [0, 0.05) is 22.1 Å². The fraction of sp³-hybridized carbons (Fsp3) is 0.600. The summed E-state index contributed by atoms with van der Waals surface area (Å²) in [5, 5.41) is 4.71. The molecule has 1 N–H and O–H groups in total. The molecule has 1 nitrogen and oxygen atoms in total. The van der Waals surface area contributed by atoms with Crippen molar-refractivity contribution in [1.29, 1.82) is 0 Å². The quantitative estimate of drug-likeness (QED) is 0.721. The molecule has 0 aliphatic heterocycles. The van der Waals surface area contributed by atoms with E-state index in [-0.39, 0.29) is 11.9 Å². The Labute approximate surface area is 125 Å². The second-order valence-electron chi connectivity index (χ2n) is 4.72. The van der Waals surface area contributed by atoms with E-state index in [2.05, 4.69) is 26.1 Å². The van der Waals surface area contributed by atoms with Crippen LogP contribution in [0.1, 0.15) is 45.2 Å². The Morgan fingerprint density at radius 2 is 2.11 bits per heavy atom. The molecule has 0 saturated carbocycles. The van der Waals surface area contributed by atoms with Crippen LogP contribution in [-0.4, -0.2) is 17.5 Å². The van der Waals surface area contributed by atoms with Crippen LogP contribution in [0.2, 0.25) is 5.02 Å². The van der Waals surface area contributed by atoms with E-state index in [4.69, 9.17) is 11.6 Å². The van der Waals surface area contributed by atoms with Crippen molar-refractivity contribution in [1.82, 2.24) is 5.32 Å². The zero-order valence-electron chi connectivity index (χ0n) is 11.9. The van der Waals surface area contributed by atoms with Gasteiger partial charge in [-0.25, -0.2) is 4.39 Å². The molecule has 2 unspecified atom stereocenters. The first-order valence-electron chi connectivity index (χ1n) is 6.88. The molecule has 0 aliphatic rings. The topological polar surface area (TPSA) is 12.0 Å². The molecule has 4 heteroatoms. The fourth-order valence-electron chi connectivity index (χ4n) is 1.74. The summed E-state index contributed by atoms with van der Waals surface area (Å²) in [6, 6.07) is 4.71. The summed E-state index contributed by atoms with van der Waals surface area (Å²) < 4.78 is 13.4. The molecular formula is C15H23ClFNS. The molecular weight excluding hydrogens is 281 g/mol. The van der Waals surface area contributed by atoms with Crippen molar-refractivity contribution in [3.63, 3.8) is 0 Å². The zero-order valence-corrected chi connectivity index (χ0v) is 13.5. The lowest BCUT2D eigenvalue weighted by Gasteiger charge is -2.21. The fourth-order valence-corrected chi connectivity index (χ4v) is 3.04. The van der Waals surface area contributed by atoms with Gasteiger partial charge >= 0.3 is 0 Å². The molecule has 0 bridgehead atoms. The highest BCUT2D eigenvalue weighted by molar-refractivity contribution is 7.99. The third-order valence-electron chi connectivity index (χ3n) is 3.10. The maximum absolute atomic E-state index is 13.4. The average molecular weight is 304 g/mol. The Balaban J connectivity index is 2.79. The van der Waals surface area contributed by atoms with E-state index in [0.717, 1.165) is 30.7 Å². The minimum Gasteiger partial charge on any atom is -0.309 e. The van der Waals surface area contributed by atoms with Crippen molar-refractivity contribution < 1.29 is 4.39 Å². The number of thioether (sulfide) groups is 1. The minimum atomic E-state index is -0.226. The first-order valence-corrected chi connectivity index (χ1v) is 8.31. The molecule has 0 fully saturated rings. The van der Waals surface area contributed by atoms with E-state index in [1.165, 1.54) is 6.07 Å².